The van der Waals surface area contributed by atoms with Gasteiger partial charge in [-0.3, -0.25) is 9.59 Å². The van der Waals surface area contributed by atoms with E-state index in [2.05, 4.69) is 4.98 Å². The van der Waals surface area contributed by atoms with Gasteiger partial charge in [0, 0.05) is 23.9 Å². The van der Waals surface area contributed by atoms with Gasteiger partial charge in [0.15, 0.2) is 0 Å². The monoisotopic (exact) mass is 297 g/mol. The molecule has 1 N–H and O–H groups in total. The molecular weight excluding hydrogens is 282 g/mol. The average molecular weight is 297 g/mol. The molecule has 2 heterocycles. The molecule has 0 amide bonds. The maximum Gasteiger partial charge on any atom is 0.255 e. The molecule has 1 aromatic carbocycles. The molecule has 0 aliphatic heterocycles. The number of hydrogen-bond donors (Lipinski definition) is 1. The highest BCUT2D eigenvalue weighted by Gasteiger charge is 2.16. The third-order valence-corrected chi connectivity index (χ3v) is 4.44. The predicted octanol–water partition coefficient (Wildman–Crippen LogP) is 3.50. The summed E-state index contributed by atoms with van der Waals surface area (Å²) in [6.45, 7) is 1.94. The second-order valence-corrected chi connectivity index (χ2v) is 5.93. The van der Waals surface area contributed by atoms with Crippen LogP contribution in [0.15, 0.2) is 52.1 Å². The first kappa shape index (κ1) is 13.8. The molecule has 1 atom stereocenters. The van der Waals surface area contributed by atoms with Gasteiger partial charge in [0.1, 0.15) is 5.78 Å². The van der Waals surface area contributed by atoms with Crippen LogP contribution in [-0.2, 0) is 11.2 Å². The first-order valence-corrected chi connectivity index (χ1v) is 7.74. The summed E-state index contributed by atoms with van der Waals surface area (Å²) in [6, 6.07) is 9.41. The van der Waals surface area contributed by atoms with Crippen molar-refractivity contribution in [3.8, 4) is 0 Å². The Balaban J connectivity index is 1.85. The number of carbonyl (C=O) groups is 1. The lowest BCUT2D eigenvalue weighted by atomic mass is 9.94. The van der Waals surface area contributed by atoms with Crippen molar-refractivity contribution in [2.45, 2.75) is 19.3 Å². The minimum Gasteiger partial charge on any atom is -0.329 e. The summed E-state index contributed by atoms with van der Waals surface area (Å²) < 4.78 is 0. The second-order valence-electron chi connectivity index (χ2n) is 5.15. The maximum absolute atomic E-state index is 12.4. The van der Waals surface area contributed by atoms with E-state index < -0.39 is 0 Å². The topological polar surface area (TPSA) is 49.9 Å². The van der Waals surface area contributed by atoms with Crippen LogP contribution >= 0.6 is 11.3 Å². The fraction of sp³-hybridized carbons (Fsp3) is 0.176. The summed E-state index contributed by atoms with van der Waals surface area (Å²) in [7, 11) is 0. The Labute approximate surface area is 126 Å². The largest absolute Gasteiger partial charge is 0.329 e. The minimum absolute atomic E-state index is 0.0916. The number of aromatic nitrogens is 1. The smallest absolute Gasteiger partial charge is 0.255 e. The predicted molar refractivity (Wildman–Crippen MR) is 86.0 cm³/mol. The number of aromatic amines is 1. The molecule has 0 saturated carbocycles. The van der Waals surface area contributed by atoms with Crippen LogP contribution in [0, 0.1) is 0 Å². The molecule has 0 bridgehead atoms. The molecule has 0 radical (unpaired) electrons. The number of carbonyl (C=O) groups excluding carboxylic acids is 1. The van der Waals surface area contributed by atoms with Crippen LogP contribution in [-0.4, -0.2) is 10.8 Å². The second kappa shape index (κ2) is 5.66. The Morgan fingerprint density at radius 3 is 2.90 bits per heavy atom. The van der Waals surface area contributed by atoms with Crippen LogP contribution in [0.3, 0.4) is 0 Å². The third-order valence-electron chi connectivity index (χ3n) is 3.74. The standard InChI is InChI=1S/C17H15NO2S/c1-11(14-5-7-21-10-14)16(19)9-12-2-3-15-13(8-12)4-6-18-17(15)20/h2-8,10-11H,9H2,1H3,(H,18,20). The summed E-state index contributed by atoms with van der Waals surface area (Å²) in [5, 5.41) is 5.52. The summed E-state index contributed by atoms with van der Waals surface area (Å²) in [4.78, 5) is 26.7. The van der Waals surface area contributed by atoms with E-state index in [1.54, 1.807) is 23.6 Å². The number of hydrogen-bond acceptors (Lipinski definition) is 3. The van der Waals surface area contributed by atoms with Gasteiger partial charge in [0.2, 0.25) is 0 Å². The molecule has 106 valence electrons. The summed E-state index contributed by atoms with van der Waals surface area (Å²) in [5.74, 6) is 0.101. The van der Waals surface area contributed by atoms with Gasteiger partial charge in [-0.05, 0) is 45.5 Å². The SMILES string of the molecule is CC(C(=O)Cc1ccc2c(=O)[nH]ccc2c1)c1ccsc1. The van der Waals surface area contributed by atoms with E-state index in [0.29, 0.717) is 11.8 Å². The molecule has 0 spiro atoms. The fourth-order valence-electron chi connectivity index (χ4n) is 2.41. The molecule has 0 aliphatic rings. The first-order chi connectivity index (χ1) is 10.1. The van der Waals surface area contributed by atoms with Gasteiger partial charge in [0.05, 0.1) is 0 Å². The Bertz CT molecular complexity index is 833. The number of thiophene rings is 1. The average Bonchev–Trinajstić information content (AvgIpc) is 3.00. The van der Waals surface area contributed by atoms with E-state index in [-0.39, 0.29) is 17.3 Å². The number of H-pyrrole nitrogens is 1. The molecule has 3 rings (SSSR count). The maximum atomic E-state index is 12.4. The normalized spacial score (nSPS) is 12.4. The van der Waals surface area contributed by atoms with Gasteiger partial charge in [-0.25, -0.2) is 0 Å². The highest BCUT2D eigenvalue weighted by Crippen LogP contribution is 2.21. The zero-order valence-electron chi connectivity index (χ0n) is 11.6. The number of fused-ring (bicyclic) bond motifs is 1. The van der Waals surface area contributed by atoms with Crippen LogP contribution in [0.5, 0.6) is 0 Å². The van der Waals surface area contributed by atoms with Crippen LogP contribution in [0.4, 0.5) is 0 Å². The number of benzene rings is 1. The first-order valence-electron chi connectivity index (χ1n) is 6.80. The molecule has 4 heteroatoms. The fourth-order valence-corrected chi connectivity index (χ4v) is 3.17. The summed E-state index contributed by atoms with van der Waals surface area (Å²) in [5.41, 5.74) is 1.92. The van der Waals surface area contributed by atoms with Gasteiger partial charge in [-0.15, -0.1) is 0 Å². The Morgan fingerprint density at radius 2 is 2.14 bits per heavy atom. The number of pyridine rings is 1. The van der Waals surface area contributed by atoms with Crippen LogP contribution < -0.4 is 5.56 Å². The van der Waals surface area contributed by atoms with Gasteiger partial charge in [-0.1, -0.05) is 19.1 Å². The van der Waals surface area contributed by atoms with Gasteiger partial charge >= 0.3 is 0 Å². The Morgan fingerprint density at radius 1 is 1.29 bits per heavy atom. The molecule has 0 saturated heterocycles. The number of rotatable bonds is 4. The molecule has 1 unspecified atom stereocenters. The van der Waals surface area contributed by atoms with Crippen molar-refractivity contribution >= 4 is 27.9 Å². The molecule has 3 nitrogen and oxygen atoms in total. The Kier molecular flexibility index (Phi) is 3.71. The van der Waals surface area contributed by atoms with Crippen molar-refractivity contribution in [1.82, 2.24) is 4.98 Å². The molecule has 0 fully saturated rings. The molecule has 0 aliphatic carbocycles. The quantitative estimate of drug-likeness (QED) is 0.801. The third kappa shape index (κ3) is 2.81. The molecule has 2 aromatic heterocycles. The van der Waals surface area contributed by atoms with E-state index in [4.69, 9.17) is 0 Å². The molecular formula is C17H15NO2S. The highest BCUT2D eigenvalue weighted by molar-refractivity contribution is 7.08. The van der Waals surface area contributed by atoms with Crippen LogP contribution in [0.2, 0.25) is 0 Å². The van der Waals surface area contributed by atoms with Gasteiger partial charge < -0.3 is 4.98 Å². The van der Waals surface area contributed by atoms with E-state index in [1.165, 1.54) is 0 Å². The van der Waals surface area contributed by atoms with Crippen molar-refractivity contribution in [1.29, 1.82) is 0 Å². The zero-order valence-corrected chi connectivity index (χ0v) is 12.4. The van der Waals surface area contributed by atoms with E-state index in [0.717, 1.165) is 16.5 Å². The van der Waals surface area contributed by atoms with E-state index >= 15 is 0 Å². The van der Waals surface area contributed by atoms with Gasteiger partial charge in [0.25, 0.3) is 5.56 Å². The van der Waals surface area contributed by atoms with Crippen molar-refractivity contribution in [2.75, 3.05) is 0 Å². The van der Waals surface area contributed by atoms with Crippen LogP contribution in [0.25, 0.3) is 10.8 Å². The number of Topliss-reactive ketones (excluding diaryl/α,β-unsaturated/α-hetero) is 1. The lowest BCUT2D eigenvalue weighted by Gasteiger charge is -2.09. The number of ketones is 1. The highest BCUT2D eigenvalue weighted by atomic mass is 32.1. The molecule has 21 heavy (non-hydrogen) atoms. The summed E-state index contributed by atoms with van der Waals surface area (Å²) in [6.07, 6.45) is 2.02. The van der Waals surface area contributed by atoms with E-state index in [9.17, 15) is 9.59 Å². The number of nitrogens with one attached hydrogen (secondary N) is 1. The molecule has 3 aromatic rings. The van der Waals surface area contributed by atoms with Crippen molar-refractivity contribution < 1.29 is 4.79 Å². The zero-order chi connectivity index (χ0) is 14.8. The Hall–Kier alpha value is -2.20. The van der Waals surface area contributed by atoms with Gasteiger partial charge in [-0.2, -0.15) is 11.3 Å². The van der Waals surface area contributed by atoms with Crippen molar-refractivity contribution in [3.05, 3.63) is 68.8 Å². The van der Waals surface area contributed by atoms with Crippen LogP contribution in [0.1, 0.15) is 24.0 Å². The van der Waals surface area contributed by atoms with Crippen molar-refractivity contribution in [3.63, 3.8) is 0 Å². The minimum atomic E-state index is -0.1000. The lowest BCUT2D eigenvalue weighted by molar-refractivity contribution is -0.119. The summed E-state index contributed by atoms with van der Waals surface area (Å²) >= 11 is 1.60. The lowest BCUT2D eigenvalue weighted by Crippen LogP contribution is -2.12. The van der Waals surface area contributed by atoms with Crippen molar-refractivity contribution in [2.24, 2.45) is 0 Å². The van der Waals surface area contributed by atoms with E-state index in [1.807, 2.05) is 41.9 Å².